The third-order valence-electron chi connectivity index (χ3n) is 5.99. The molecule has 0 radical (unpaired) electrons. The predicted octanol–water partition coefficient (Wildman–Crippen LogP) is 4.11. The summed E-state index contributed by atoms with van der Waals surface area (Å²) in [6.45, 7) is 5.43. The largest absolute Gasteiger partial charge is 0.468 e. The van der Waals surface area contributed by atoms with E-state index in [-0.39, 0.29) is 0 Å². The van der Waals surface area contributed by atoms with Crippen molar-refractivity contribution in [1.82, 2.24) is 15.2 Å². The average molecular weight is 397 g/mol. The number of nitrogens with one attached hydrogen (secondary N) is 1. The van der Waals surface area contributed by atoms with Crippen molar-refractivity contribution in [3.05, 3.63) is 48.4 Å². The first-order valence-electron chi connectivity index (χ1n) is 10.4. The van der Waals surface area contributed by atoms with E-state index in [2.05, 4.69) is 45.4 Å². The number of hydrogen-bond donors (Lipinski definition) is 1. The van der Waals surface area contributed by atoms with Gasteiger partial charge in [-0.2, -0.15) is 0 Å². The first kappa shape index (κ1) is 18.2. The van der Waals surface area contributed by atoms with Crippen LogP contribution in [-0.2, 0) is 6.54 Å². The van der Waals surface area contributed by atoms with Gasteiger partial charge in [0.1, 0.15) is 5.76 Å². The van der Waals surface area contributed by atoms with Gasteiger partial charge in [0.25, 0.3) is 0 Å². The van der Waals surface area contributed by atoms with Crippen LogP contribution in [0.5, 0.6) is 0 Å². The van der Waals surface area contributed by atoms with Gasteiger partial charge in [0.05, 0.1) is 23.0 Å². The standard InChI is InChI=1S/C22H28N4OS/c1-2-8-21-20(7-1)24-22(28-21)26-11-3-5-18(15-26)23-17-9-12-25(13-10-17)16-19-6-4-14-27-19/h1-2,4,6-8,14,17-18,23H,3,5,9-13,15-16H2/t18-/m0/s1. The van der Waals surface area contributed by atoms with Crippen molar-refractivity contribution < 1.29 is 4.42 Å². The molecule has 0 saturated carbocycles. The maximum absolute atomic E-state index is 5.49. The van der Waals surface area contributed by atoms with E-state index < -0.39 is 0 Å². The Bertz CT molecular complexity index is 852. The van der Waals surface area contributed by atoms with E-state index in [0.717, 1.165) is 44.0 Å². The number of likely N-dealkylation sites (tertiary alicyclic amines) is 1. The third kappa shape index (κ3) is 4.09. The van der Waals surface area contributed by atoms with Crippen molar-refractivity contribution in [1.29, 1.82) is 0 Å². The van der Waals surface area contributed by atoms with E-state index in [1.807, 2.05) is 17.4 Å². The number of piperidine rings is 2. The summed E-state index contributed by atoms with van der Waals surface area (Å²) >= 11 is 1.83. The van der Waals surface area contributed by atoms with Crippen LogP contribution in [0.2, 0.25) is 0 Å². The number of benzene rings is 1. The van der Waals surface area contributed by atoms with Crippen LogP contribution in [-0.4, -0.2) is 48.1 Å². The number of rotatable bonds is 5. The third-order valence-corrected chi connectivity index (χ3v) is 7.09. The first-order chi connectivity index (χ1) is 13.8. The molecule has 5 nitrogen and oxygen atoms in total. The summed E-state index contributed by atoms with van der Waals surface area (Å²) in [6.07, 6.45) is 6.72. The molecule has 5 rings (SSSR count). The van der Waals surface area contributed by atoms with Crippen molar-refractivity contribution >= 4 is 26.7 Å². The lowest BCUT2D eigenvalue weighted by atomic mass is 10.00. The number of aromatic nitrogens is 1. The van der Waals surface area contributed by atoms with Crippen LogP contribution >= 0.6 is 11.3 Å². The fourth-order valence-corrected chi connectivity index (χ4v) is 5.50. The molecule has 1 aromatic carbocycles. The van der Waals surface area contributed by atoms with Gasteiger partial charge >= 0.3 is 0 Å². The van der Waals surface area contributed by atoms with Crippen molar-refractivity contribution in [2.24, 2.45) is 0 Å². The highest BCUT2D eigenvalue weighted by molar-refractivity contribution is 7.22. The highest BCUT2D eigenvalue weighted by atomic mass is 32.1. The molecule has 4 heterocycles. The van der Waals surface area contributed by atoms with Gasteiger partial charge in [-0.05, 0) is 49.9 Å². The fourth-order valence-electron chi connectivity index (χ4n) is 4.50. The number of fused-ring (bicyclic) bond motifs is 1. The molecule has 6 heteroatoms. The molecule has 148 valence electrons. The molecule has 2 fully saturated rings. The van der Waals surface area contributed by atoms with Crippen LogP contribution in [0.25, 0.3) is 10.2 Å². The molecular formula is C22H28N4OS. The Kier molecular flexibility index (Phi) is 5.34. The molecule has 0 amide bonds. The predicted molar refractivity (Wildman–Crippen MR) is 115 cm³/mol. The molecule has 3 aromatic rings. The van der Waals surface area contributed by atoms with Crippen LogP contribution in [0.15, 0.2) is 47.1 Å². The summed E-state index contributed by atoms with van der Waals surface area (Å²) in [5, 5.41) is 5.14. The molecule has 2 aliphatic rings. The van der Waals surface area contributed by atoms with Gasteiger partial charge in [0.15, 0.2) is 5.13 Å². The maximum atomic E-state index is 5.49. The molecule has 2 aromatic heterocycles. The number of hydrogen-bond acceptors (Lipinski definition) is 6. The lowest BCUT2D eigenvalue weighted by Crippen LogP contribution is -2.52. The van der Waals surface area contributed by atoms with E-state index in [0.29, 0.717) is 12.1 Å². The molecule has 1 atom stereocenters. The second kappa shape index (κ2) is 8.23. The van der Waals surface area contributed by atoms with Gasteiger partial charge in [-0.15, -0.1) is 0 Å². The quantitative estimate of drug-likeness (QED) is 0.703. The summed E-state index contributed by atoms with van der Waals surface area (Å²) in [6, 6.07) is 13.7. The second-order valence-electron chi connectivity index (χ2n) is 8.05. The summed E-state index contributed by atoms with van der Waals surface area (Å²) < 4.78 is 6.78. The van der Waals surface area contributed by atoms with E-state index in [1.54, 1.807) is 6.26 Å². The molecular weight excluding hydrogens is 368 g/mol. The van der Waals surface area contributed by atoms with Gasteiger partial charge in [0, 0.05) is 38.3 Å². The minimum atomic E-state index is 0.572. The second-order valence-corrected chi connectivity index (χ2v) is 9.05. The Morgan fingerprint density at radius 2 is 1.93 bits per heavy atom. The van der Waals surface area contributed by atoms with Crippen molar-refractivity contribution in [2.75, 3.05) is 31.1 Å². The first-order valence-corrected chi connectivity index (χ1v) is 11.3. The topological polar surface area (TPSA) is 44.5 Å². The van der Waals surface area contributed by atoms with Gasteiger partial charge in [-0.25, -0.2) is 4.98 Å². The lowest BCUT2D eigenvalue weighted by Gasteiger charge is -2.38. The van der Waals surface area contributed by atoms with Crippen LogP contribution in [0.3, 0.4) is 0 Å². The highest BCUT2D eigenvalue weighted by Gasteiger charge is 2.26. The number of para-hydroxylation sites is 1. The summed E-state index contributed by atoms with van der Waals surface area (Å²) in [5.74, 6) is 1.07. The normalized spacial score (nSPS) is 22.1. The Hall–Kier alpha value is -1.89. The van der Waals surface area contributed by atoms with Crippen LogP contribution < -0.4 is 10.2 Å². The number of anilines is 1. The van der Waals surface area contributed by atoms with Crippen LogP contribution in [0, 0.1) is 0 Å². The van der Waals surface area contributed by atoms with Crippen LogP contribution in [0.1, 0.15) is 31.4 Å². The summed E-state index contributed by atoms with van der Waals surface area (Å²) in [5.41, 5.74) is 1.13. The van der Waals surface area contributed by atoms with Crippen LogP contribution in [0.4, 0.5) is 5.13 Å². The van der Waals surface area contributed by atoms with Gasteiger partial charge in [-0.3, -0.25) is 4.90 Å². The molecule has 2 saturated heterocycles. The number of furan rings is 1. The zero-order valence-electron chi connectivity index (χ0n) is 16.2. The smallest absolute Gasteiger partial charge is 0.186 e. The molecule has 0 bridgehead atoms. The van der Waals surface area contributed by atoms with Gasteiger partial charge < -0.3 is 14.6 Å². The Balaban J connectivity index is 1.14. The van der Waals surface area contributed by atoms with Gasteiger partial charge in [0.2, 0.25) is 0 Å². The van der Waals surface area contributed by atoms with E-state index in [4.69, 9.17) is 9.40 Å². The Morgan fingerprint density at radius 1 is 1.04 bits per heavy atom. The van der Waals surface area contributed by atoms with E-state index >= 15 is 0 Å². The molecule has 1 N–H and O–H groups in total. The Morgan fingerprint density at radius 3 is 2.75 bits per heavy atom. The SMILES string of the molecule is c1coc(CN2CCC(N[C@H]3CCCN(c4nc5ccccc5s4)C3)CC2)c1. The molecule has 0 aliphatic carbocycles. The van der Waals surface area contributed by atoms with E-state index in [1.165, 1.54) is 35.5 Å². The number of thiazole rings is 1. The Labute approximate surface area is 170 Å². The highest BCUT2D eigenvalue weighted by Crippen LogP contribution is 2.30. The monoisotopic (exact) mass is 396 g/mol. The zero-order chi connectivity index (χ0) is 18.8. The summed E-state index contributed by atoms with van der Waals surface area (Å²) in [4.78, 5) is 9.85. The average Bonchev–Trinajstić information content (AvgIpc) is 3.39. The molecule has 28 heavy (non-hydrogen) atoms. The van der Waals surface area contributed by atoms with Crippen molar-refractivity contribution in [3.8, 4) is 0 Å². The minimum Gasteiger partial charge on any atom is -0.468 e. The fraction of sp³-hybridized carbons (Fsp3) is 0.500. The summed E-state index contributed by atoms with van der Waals surface area (Å²) in [7, 11) is 0. The minimum absolute atomic E-state index is 0.572. The lowest BCUT2D eigenvalue weighted by molar-refractivity contribution is 0.171. The molecule has 0 unspecified atom stereocenters. The molecule has 0 spiro atoms. The molecule has 2 aliphatic heterocycles. The zero-order valence-corrected chi connectivity index (χ0v) is 17.0. The van der Waals surface area contributed by atoms with Crippen molar-refractivity contribution in [3.63, 3.8) is 0 Å². The van der Waals surface area contributed by atoms with Crippen molar-refractivity contribution in [2.45, 2.75) is 44.3 Å². The number of nitrogens with zero attached hydrogens (tertiary/aromatic N) is 3. The maximum Gasteiger partial charge on any atom is 0.186 e. The van der Waals surface area contributed by atoms with E-state index in [9.17, 15) is 0 Å². The van der Waals surface area contributed by atoms with Gasteiger partial charge in [-0.1, -0.05) is 23.5 Å².